The van der Waals surface area contributed by atoms with Gasteiger partial charge in [0.15, 0.2) is 6.10 Å². The molecule has 9 nitrogen and oxygen atoms in total. The van der Waals surface area contributed by atoms with E-state index in [0.29, 0.717) is 10.6 Å². The Balaban J connectivity index is 0.000000878. The predicted molar refractivity (Wildman–Crippen MR) is 101 cm³/mol. The van der Waals surface area contributed by atoms with E-state index >= 15 is 0 Å². The molecule has 0 spiro atoms. The van der Waals surface area contributed by atoms with Gasteiger partial charge in [0.1, 0.15) is 6.61 Å². The minimum Gasteiger partial charge on any atom is -0.483 e. The number of rotatable bonds is 5. The van der Waals surface area contributed by atoms with Gasteiger partial charge in [0.2, 0.25) is 5.91 Å². The molecule has 2 atom stereocenters. The maximum atomic E-state index is 12.6. The zero-order valence-corrected chi connectivity index (χ0v) is 15.9. The van der Waals surface area contributed by atoms with E-state index in [1.165, 1.54) is 0 Å². The van der Waals surface area contributed by atoms with Crippen molar-refractivity contribution in [3.8, 4) is 0 Å². The van der Waals surface area contributed by atoms with E-state index in [1.807, 2.05) is 17.7 Å². The molecule has 3 N–H and O–H groups in total. The van der Waals surface area contributed by atoms with Gasteiger partial charge in [-0.1, -0.05) is 29.8 Å². The van der Waals surface area contributed by atoms with E-state index in [9.17, 15) is 9.59 Å². The summed E-state index contributed by atoms with van der Waals surface area (Å²) in [5, 5.41) is 13.0. The monoisotopic (exact) mass is 408 g/mol. The number of carboxylic acid groups (broad SMARTS) is 1. The van der Waals surface area contributed by atoms with Crippen molar-refractivity contribution in [1.29, 1.82) is 0 Å². The maximum Gasteiger partial charge on any atom is 0.290 e. The van der Waals surface area contributed by atoms with Crippen LogP contribution in [0.25, 0.3) is 0 Å². The van der Waals surface area contributed by atoms with Crippen molar-refractivity contribution in [2.75, 3.05) is 6.61 Å². The number of imidazole rings is 1. The Morgan fingerprint density at radius 3 is 2.86 bits per heavy atom. The first-order valence-corrected chi connectivity index (χ1v) is 8.89. The zero-order valence-electron chi connectivity index (χ0n) is 15.2. The molecule has 1 aromatic carbocycles. The van der Waals surface area contributed by atoms with Crippen LogP contribution in [0.4, 0.5) is 0 Å². The number of nitrogens with one attached hydrogen (secondary N) is 2. The van der Waals surface area contributed by atoms with Gasteiger partial charge in [-0.3, -0.25) is 14.4 Å². The topological polar surface area (TPSA) is 123 Å². The molecule has 0 aliphatic carbocycles. The molecule has 1 aliphatic heterocycles. The van der Waals surface area contributed by atoms with Crippen LogP contribution in [0.5, 0.6) is 0 Å². The molecule has 1 fully saturated rings. The fourth-order valence-corrected chi connectivity index (χ4v) is 2.95. The second kappa shape index (κ2) is 10.4. The Bertz CT molecular complexity index is 826. The summed E-state index contributed by atoms with van der Waals surface area (Å²) in [4.78, 5) is 36.9. The number of benzene rings is 1. The van der Waals surface area contributed by atoms with Crippen LogP contribution in [0.3, 0.4) is 0 Å². The Morgan fingerprint density at radius 1 is 1.50 bits per heavy atom. The third kappa shape index (κ3) is 5.54. The molecule has 3 rings (SSSR count). The molecule has 0 bridgehead atoms. The van der Waals surface area contributed by atoms with Gasteiger partial charge in [0.25, 0.3) is 12.4 Å². The molecule has 2 aromatic rings. The fraction of sp³-hybridized carbons (Fsp3) is 0.333. The molecule has 28 heavy (non-hydrogen) atoms. The summed E-state index contributed by atoms with van der Waals surface area (Å²) in [6.45, 7) is 2.70. The molecular weight excluding hydrogens is 388 g/mol. The Morgan fingerprint density at radius 2 is 2.21 bits per heavy atom. The number of carbonyl (C=O) groups is 3. The number of nitrogens with zero attached hydrogens (tertiary/aromatic N) is 2. The SMILES string of the molecule is CCn1cnc(CNC(=O)[C@H]2OCC(=O)N[C@@H]2c2ccccc2Cl)c1.O=CO. The largest absolute Gasteiger partial charge is 0.483 e. The van der Waals surface area contributed by atoms with E-state index < -0.39 is 12.1 Å². The van der Waals surface area contributed by atoms with Gasteiger partial charge in [-0.05, 0) is 18.6 Å². The van der Waals surface area contributed by atoms with E-state index in [2.05, 4.69) is 15.6 Å². The summed E-state index contributed by atoms with van der Waals surface area (Å²) in [6.07, 6.45) is 2.73. The van der Waals surface area contributed by atoms with Gasteiger partial charge >= 0.3 is 0 Å². The lowest BCUT2D eigenvalue weighted by Gasteiger charge is -2.32. The Hall–Kier alpha value is -2.91. The maximum absolute atomic E-state index is 12.6. The molecular formula is C18H21ClN4O5. The van der Waals surface area contributed by atoms with Crippen LogP contribution in [0.2, 0.25) is 5.02 Å². The van der Waals surface area contributed by atoms with Gasteiger partial charge < -0.3 is 25.0 Å². The van der Waals surface area contributed by atoms with Crippen molar-refractivity contribution in [3.05, 3.63) is 53.1 Å². The van der Waals surface area contributed by atoms with Gasteiger partial charge in [0, 0.05) is 17.8 Å². The van der Waals surface area contributed by atoms with Crippen molar-refractivity contribution in [2.24, 2.45) is 0 Å². The van der Waals surface area contributed by atoms with Crippen LogP contribution in [0.1, 0.15) is 24.2 Å². The van der Waals surface area contributed by atoms with Crippen molar-refractivity contribution < 1.29 is 24.2 Å². The number of morpholine rings is 1. The summed E-state index contributed by atoms with van der Waals surface area (Å²) in [7, 11) is 0. The van der Waals surface area contributed by atoms with E-state index in [0.717, 1.165) is 12.2 Å². The Labute approximate surface area is 166 Å². The van der Waals surface area contributed by atoms with Gasteiger partial charge in [-0.25, -0.2) is 4.98 Å². The minimum absolute atomic E-state index is 0.163. The molecule has 0 saturated carbocycles. The lowest BCUT2D eigenvalue weighted by atomic mass is 9.99. The zero-order chi connectivity index (χ0) is 20.5. The number of amides is 2. The molecule has 0 radical (unpaired) electrons. The van der Waals surface area contributed by atoms with Gasteiger partial charge in [-0.15, -0.1) is 0 Å². The minimum atomic E-state index is -0.856. The lowest BCUT2D eigenvalue weighted by molar-refractivity contribution is -0.148. The number of hydrogen-bond donors (Lipinski definition) is 3. The highest BCUT2D eigenvalue weighted by atomic mass is 35.5. The van der Waals surface area contributed by atoms with Gasteiger partial charge in [0.05, 0.1) is 24.6 Å². The fourth-order valence-electron chi connectivity index (χ4n) is 2.70. The average molecular weight is 409 g/mol. The predicted octanol–water partition coefficient (Wildman–Crippen LogP) is 1.13. The molecule has 1 saturated heterocycles. The van der Waals surface area contributed by atoms with Crippen molar-refractivity contribution in [2.45, 2.75) is 32.2 Å². The summed E-state index contributed by atoms with van der Waals surface area (Å²) in [6, 6.07) is 6.43. The second-order valence-corrected chi connectivity index (χ2v) is 6.22. The van der Waals surface area contributed by atoms with Crippen LogP contribution in [0.15, 0.2) is 36.8 Å². The Kier molecular flexibility index (Phi) is 7.97. The molecule has 150 valence electrons. The van der Waals surface area contributed by atoms with Crippen molar-refractivity contribution in [1.82, 2.24) is 20.2 Å². The number of ether oxygens (including phenoxy) is 1. The third-order valence-corrected chi connectivity index (χ3v) is 4.35. The van der Waals surface area contributed by atoms with Crippen LogP contribution in [0, 0.1) is 0 Å². The number of hydrogen-bond acceptors (Lipinski definition) is 5. The highest BCUT2D eigenvalue weighted by Gasteiger charge is 2.36. The highest BCUT2D eigenvalue weighted by Crippen LogP contribution is 2.28. The van der Waals surface area contributed by atoms with Crippen LogP contribution >= 0.6 is 11.6 Å². The highest BCUT2D eigenvalue weighted by molar-refractivity contribution is 6.31. The molecule has 2 heterocycles. The van der Waals surface area contributed by atoms with E-state index in [1.54, 1.807) is 30.6 Å². The van der Waals surface area contributed by atoms with Crippen LogP contribution < -0.4 is 10.6 Å². The first kappa shape index (κ1) is 21.4. The van der Waals surface area contributed by atoms with E-state index in [-0.39, 0.29) is 31.4 Å². The standard InChI is InChI=1S/C17H19ClN4O3.CH2O2/c1-2-22-8-11(20-10-22)7-19-17(24)16-15(21-14(23)9-25-16)12-5-3-4-6-13(12)18;2-1-3/h3-6,8,10,15-16H,2,7,9H2,1H3,(H,19,24)(H,21,23);1H,(H,2,3)/t15-,16+;/m1./s1. The van der Waals surface area contributed by atoms with Crippen molar-refractivity contribution >= 4 is 29.9 Å². The third-order valence-electron chi connectivity index (χ3n) is 4.01. The van der Waals surface area contributed by atoms with Crippen LogP contribution in [-0.4, -0.2) is 45.7 Å². The lowest BCUT2D eigenvalue weighted by Crippen LogP contribution is -2.52. The molecule has 1 aliphatic rings. The number of aromatic nitrogens is 2. The average Bonchev–Trinajstić information content (AvgIpc) is 3.15. The van der Waals surface area contributed by atoms with E-state index in [4.69, 9.17) is 26.2 Å². The summed E-state index contributed by atoms with van der Waals surface area (Å²) >= 11 is 6.22. The summed E-state index contributed by atoms with van der Waals surface area (Å²) < 4.78 is 7.40. The molecule has 0 unspecified atom stereocenters. The van der Waals surface area contributed by atoms with Gasteiger partial charge in [-0.2, -0.15) is 0 Å². The molecule has 2 amide bonds. The first-order chi connectivity index (χ1) is 13.5. The van der Waals surface area contributed by atoms with Crippen molar-refractivity contribution in [3.63, 3.8) is 0 Å². The number of aryl methyl sites for hydroxylation is 1. The second-order valence-electron chi connectivity index (χ2n) is 5.82. The number of carbonyl (C=O) groups excluding carboxylic acids is 2. The van der Waals surface area contributed by atoms with Crippen LogP contribution in [-0.2, 0) is 32.2 Å². The molecule has 10 heteroatoms. The normalized spacial score (nSPS) is 18.4. The summed E-state index contributed by atoms with van der Waals surface area (Å²) in [5.41, 5.74) is 1.40. The molecule has 1 aromatic heterocycles. The number of halogens is 1. The summed E-state index contributed by atoms with van der Waals surface area (Å²) in [5.74, 6) is -0.605. The first-order valence-electron chi connectivity index (χ1n) is 8.51. The quantitative estimate of drug-likeness (QED) is 0.637. The smallest absolute Gasteiger partial charge is 0.290 e.